The summed E-state index contributed by atoms with van der Waals surface area (Å²) >= 11 is 0. The predicted molar refractivity (Wildman–Crippen MR) is 53.6 cm³/mol. The molecule has 2 atom stereocenters. The van der Waals surface area contributed by atoms with Gasteiger partial charge in [0.25, 0.3) is 0 Å². The zero-order valence-electron chi connectivity index (χ0n) is 8.34. The number of aliphatic hydroxyl groups excluding tert-OH is 1. The van der Waals surface area contributed by atoms with Gasteiger partial charge >= 0.3 is 0 Å². The van der Waals surface area contributed by atoms with E-state index in [9.17, 15) is 5.11 Å². The Morgan fingerprint density at radius 3 is 2.46 bits per heavy atom. The van der Waals surface area contributed by atoms with Crippen LogP contribution >= 0.6 is 0 Å². The van der Waals surface area contributed by atoms with Crippen molar-refractivity contribution in [3.05, 3.63) is 0 Å². The van der Waals surface area contributed by atoms with Crippen molar-refractivity contribution in [3.8, 4) is 0 Å². The Hall–Kier alpha value is -0.0800. The lowest BCUT2D eigenvalue weighted by Gasteiger charge is -2.24. The summed E-state index contributed by atoms with van der Waals surface area (Å²) in [6, 6.07) is 1.40. The third-order valence-electron chi connectivity index (χ3n) is 3.42. The summed E-state index contributed by atoms with van der Waals surface area (Å²) in [6.07, 6.45) is 9.24. The first-order valence-corrected chi connectivity index (χ1v) is 5.77. The Morgan fingerprint density at radius 1 is 1.00 bits per heavy atom. The molecule has 0 aliphatic heterocycles. The van der Waals surface area contributed by atoms with Crippen molar-refractivity contribution in [2.24, 2.45) is 5.92 Å². The first kappa shape index (κ1) is 9.47. The van der Waals surface area contributed by atoms with Crippen molar-refractivity contribution in [1.82, 2.24) is 5.32 Å². The van der Waals surface area contributed by atoms with Crippen molar-refractivity contribution in [2.45, 2.75) is 57.0 Å². The second-order valence-corrected chi connectivity index (χ2v) is 4.63. The molecule has 0 aromatic heterocycles. The number of hydrogen-bond donors (Lipinski definition) is 2. The molecule has 2 unspecified atom stereocenters. The molecule has 2 saturated carbocycles. The minimum Gasteiger partial charge on any atom is -0.396 e. The lowest BCUT2D eigenvalue weighted by molar-refractivity contribution is 0.181. The topological polar surface area (TPSA) is 32.3 Å². The molecule has 2 N–H and O–H groups in total. The van der Waals surface area contributed by atoms with Gasteiger partial charge in [-0.25, -0.2) is 0 Å². The van der Waals surface area contributed by atoms with Gasteiger partial charge < -0.3 is 10.4 Å². The van der Waals surface area contributed by atoms with E-state index in [1.54, 1.807) is 0 Å². The standard InChI is InChI=1S/C11H21NO/c13-8-9-4-2-1-3-5-11(9)12-10-6-7-10/h9-13H,1-8H2. The normalized spacial score (nSPS) is 35.8. The van der Waals surface area contributed by atoms with E-state index < -0.39 is 0 Å². The average Bonchev–Trinajstić information content (AvgIpc) is 2.93. The number of nitrogens with one attached hydrogen (secondary N) is 1. The van der Waals surface area contributed by atoms with Crippen LogP contribution < -0.4 is 5.32 Å². The Bertz CT molecular complexity index is 156. The lowest BCUT2D eigenvalue weighted by atomic mass is 9.95. The molecular weight excluding hydrogens is 162 g/mol. The molecule has 0 aromatic rings. The molecule has 0 heterocycles. The summed E-state index contributed by atoms with van der Waals surface area (Å²) in [7, 11) is 0. The van der Waals surface area contributed by atoms with Crippen LogP contribution in [-0.4, -0.2) is 23.8 Å². The molecule has 2 nitrogen and oxygen atoms in total. The predicted octanol–water partition coefficient (Wildman–Crippen LogP) is 1.68. The van der Waals surface area contributed by atoms with E-state index in [4.69, 9.17) is 0 Å². The molecule has 13 heavy (non-hydrogen) atoms. The van der Waals surface area contributed by atoms with Crippen LogP contribution in [-0.2, 0) is 0 Å². The molecule has 0 radical (unpaired) electrons. The molecule has 0 aromatic carbocycles. The van der Waals surface area contributed by atoms with Gasteiger partial charge in [-0.1, -0.05) is 19.3 Å². The maximum absolute atomic E-state index is 9.28. The molecule has 2 heteroatoms. The summed E-state index contributed by atoms with van der Waals surface area (Å²) in [6.45, 7) is 0.379. The third kappa shape index (κ3) is 2.68. The Balaban J connectivity index is 1.85. The Morgan fingerprint density at radius 2 is 1.77 bits per heavy atom. The van der Waals surface area contributed by atoms with Gasteiger partial charge in [0.05, 0.1) is 0 Å². The van der Waals surface area contributed by atoms with Crippen LogP contribution in [0, 0.1) is 5.92 Å². The van der Waals surface area contributed by atoms with Gasteiger partial charge in [-0.15, -0.1) is 0 Å². The van der Waals surface area contributed by atoms with Gasteiger partial charge in [-0.2, -0.15) is 0 Å². The fraction of sp³-hybridized carbons (Fsp3) is 1.00. The van der Waals surface area contributed by atoms with Crippen molar-refractivity contribution >= 4 is 0 Å². The highest BCUT2D eigenvalue weighted by molar-refractivity contribution is 4.88. The van der Waals surface area contributed by atoms with Crippen LogP contribution in [0.25, 0.3) is 0 Å². The molecule has 0 amide bonds. The largest absolute Gasteiger partial charge is 0.396 e. The van der Waals surface area contributed by atoms with Gasteiger partial charge in [-0.3, -0.25) is 0 Å². The highest BCUT2D eigenvalue weighted by atomic mass is 16.3. The highest BCUT2D eigenvalue weighted by Gasteiger charge is 2.29. The molecule has 2 aliphatic carbocycles. The van der Waals surface area contributed by atoms with Crippen molar-refractivity contribution in [1.29, 1.82) is 0 Å². The van der Waals surface area contributed by atoms with Crippen LogP contribution in [0.5, 0.6) is 0 Å². The maximum atomic E-state index is 9.28. The third-order valence-corrected chi connectivity index (χ3v) is 3.42. The highest BCUT2D eigenvalue weighted by Crippen LogP contribution is 2.27. The molecule has 0 saturated heterocycles. The van der Waals surface area contributed by atoms with Crippen molar-refractivity contribution in [2.75, 3.05) is 6.61 Å². The van der Waals surface area contributed by atoms with Gasteiger partial charge in [0.2, 0.25) is 0 Å². The molecule has 2 rings (SSSR count). The molecule has 0 bridgehead atoms. The smallest absolute Gasteiger partial charge is 0.0474 e. The summed E-state index contributed by atoms with van der Waals surface area (Å²) in [5.41, 5.74) is 0. The summed E-state index contributed by atoms with van der Waals surface area (Å²) in [4.78, 5) is 0. The van der Waals surface area contributed by atoms with E-state index in [0.29, 0.717) is 18.6 Å². The van der Waals surface area contributed by atoms with Crippen LogP contribution in [0.15, 0.2) is 0 Å². The number of hydrogen-bond acceptors (Lipinski definition) is 2. The molecule has 2 fully saturated rings. The van der Waals surface area contributed by atoms with E-state index in [1.807, 2.05) is 0 Å². The van der Waals surface area contributed by atoms with E-state index in [0.717, 1.165) is 6.04 Å². The summed E-state index contributed by atoms with van der Waals surface area (Å²) in [5.74, 6) is 0.531. The van der Waals surface area contributed by atoms with Gasteiger partial charge in [0.1, 0.15) is 0 Å². The van der Waals surface area contributed by atoms with E-state index in [-0.39, 0.29) is 0 Å². The van der Waals surface area contributed by atoms with Crippen molar-refractivity contribution < 1.29 is 5.11 Å². The Kier molecular flexibility index (Phi) is 3.23. The minimum absolute atomic E-state index is 0.379. The second kappa shape index (κ2) is 4.43. The minimum atomic E-state index is 0.379. The number of rotatable bonds is 3. The summed E-state index contributed by atoms with van der Waals surface area (Å²) < 4.78 is 0. The SMILES string of the molecule is OCC1CCCCCC1NC1CC1. The van der Waals surface area contributed by atoms with Crippen LogP contribution in [0.1, 0.15) is 44.9 Å². The maximum Gasteiger partial charge on any atom is 0.0474 e. The second-order valence-electron chi connectivity index (χ2n) is 4.63. The van der Waals surface area contributed by atoms with E-state index >= 15 is 0 Å². The van der Waals surface area contributed by atoms with Gasteiger partial charge in [0.15, 0.2) is 0 Å². The van der Waals surface area contributed by atoms with Crippen LogP contribution in [0.3, 0.4) is 0 Å². The number of aliphatic hydroxyl groups is 1. The lowest BCUT2D eigenvalue weighted by Crippen LogP contribution is -2.38. The van der Waals surface area contributed by atoms with E-state index in [2.05, 4.69) is 5.32 Å². The van der Waals surface area contributed by atoms with Gasteiger partial charge in [-0.05, 0) is 31.6 Å². The zero-order valence-corrected chi connectivity index (χ0v) is 8.34. The fourth-order valence-corrected chi connectivity index (χ4v) is 2.38. The van der Waals surface area contributed by atoms with Crippen LogP contribution in [0.4, 0.5) is 0 Å². The molecule has 76 valence electrons. The van der Waals surface area contributed by atoms with Gasteiger partial charge in [0, 0.05) is 18.7 Å². The quantitative estimate of drug-likeness (QED) is 0.652. The molecule has 0 spiro atoms. The fourth-order valence-electron chi connectivity index (χ4n) is 2.38. The molecule has 2 aliphatic rings. The Labute approximate surface area is 80.7 Å². The first-order valence-electron chi connectivity index (χ1n) is 5.77. The first-order chi connectivity index (χ1) is 6.40. The van der Waals surface area contributed by atoms with Crippen LogP contribution in [0.2, 0.25) is 0 Å². The average molecular weight is 183 g/mol. The zero-order chi connectivity index (χ0) is 9.10. The monoisotopic (exact) mass is 183 g/mol. The molecular formula is C11H21NO. The summed E-state index contributed by atoms with van der Waals surface area (Å²) in [5, 5.41) is 13.0. The van der Waals surface area contributed by atoms with Crippen molar-refractivity contribution in [3.63, 3.8) is 0 Å². The van der Waals surface area contributed by atoms with E-state index in [1.165, 1.54) is 44.9 Å².